The van der Waals surface area contributed by atoms with E-state index < -0.39 is 16.1 Å². The number of hydrogen-bond acceptors (Lipinski definition) is 3. The highest BCUT2D eigenvalue weighted by Gasteiger charge is 2.29. The van der Waals surface area contributed by atoms with Gasteiger partial charge in [-0.05, 0) is 56.0 Å². The minimum Gasteiger partial charge on any atom is -0.348 e. The van der Waals surface area contributed by atoms with Crippen LogP contribution >= 0.6 is 0 Å². The number of carbonyl (C=O) groups excluding carboxylic acids is 1. The second-order valence-corrected chi connectivity index (χ2v) is 8.76. The number of rotatable bonds is 7. The van der Waals surface area contributed by atoms with Crippen LogP contribution in [0.5, 0.6) is 0 Å². The van der Waals surface area contributed by atoms with Crippen molar-refractivity contribution in [2.24, 2.45) is 0 Å². The molecule has 0 radical (unpaired) electrons. The molecule has 0 spiro atoms. The van der Waals surface area contributed by atoms with Crippen molar-refractivity contribution < 1.29 is 13.2 Å². The van der Waals surface area contributed by atoms with Gasteiger partial charge in [-0.1, -0.05) is 43.3 Å². The first kappa shape index (κ1) is 21.0. The van der Waals surface area contributed by atoms with Gasteiger partial charge in [-0.15, -0.1) is 0 Å². The summed E-state index contributed by atoms with van der Waals surface area (Å²) < 4.78 is 25.9. The van der Waals surface area contributed by atoms with Crippen LogP contribution in [0.3, 0.4) is 0 Å². The second-order valence-electron chi connectivity index (χ2n) is 6.90. The number of amides is 1. The quantitative estimate of drug-likeness (QED) is 0.788. The summed E-state index contributed by atoms with van der Waals surface area (Å²) in [6.07, 6.45) is 2.07. The molecule has 2 rings (SSSR count). The predicted molar refractivity (Wildman–Crippen MR) is 110 cm³/mol. The van der Waals surface area contributed by atoms with Crippen LogP contribution in [0.2, 0.25) is 0 Å². The van der Waals surface area contributed by atoms with E-state index in [9.17, 15) is 13.2 Å². The van der Waals surface area contributed by atoms with Crippen molar-refractivity contribution in [3.63, 3.8) is 0 Å². The zero-order chi connectivity index (χ0) is 20.2. The van der Waals surface area contributed by atoms with Gasteiger partial charge in [-0.2, -0.15) is 0 Å². The standard InChI is InChI=1S/C21H28N2O3S/c1-6-18-10-12-19(13-11-18)16(3)22-21(24)17(4)23(27(5,25)26)20-9-7-8-15(2)14-20/h7-14,16-17H,6H2,1-5H3,(H,22,24)/t16-,17-/m1/s1. The molecule has 5 nitrogen and oxygen atoms in total. The van der Waals surface area contributed by atoms with Gasteiger partial charge < -0.3 is 5.32 Å². The maximum Gasteiger partial charge on any atom is 0.244 e. The first-order valence-corrected chi connectivity index (χ1v) is 10.9. The minimum absolute atomic E-state index is 0.218. The number of carbonyl (C=O) groups is 1. The van der Waals surface area contributed by atoms with E-state index in [4.69, 9.17) is 0 Å². The number of hydrogen-bond donors (Lipinski definition) is 1. The predicted octanol–water partition coefficient (Wildman–Crippen LogP) is 3.59. The van der Waals surface area contributed by atoms with Gasteiger partial charge in [0.15, 0.2) is 0 Å². The van der Waals surface area contributed by atoms with E-state index in [-0.39, 0.29) is 11.9 Å². The van der Waals surface area contributed by atoms with E-state index >= 15 is 0 Å². The normalized spacial score (nSPS) is 13.7. The van der Waals surface area contributed by atoms with Gasteiger partial charge in [-0.25, -0.2) is 8.42 Å². The molecular weight excluding hydrogens is 360 g/mol. The van der Waals surface area contributed by atoms with Gasteiger partial charge in [-0.3, -0.25) is 9.10 Å². The highest BCUT2D eigenvalue weighted by Crippen LogP contribution is 2.22. The van der Waals surface area contributed by atoms with E-state index in [0.29, 0.717) is 5.69 Å². The molecule has 0 fully saturated rings. The van der Waals surface area contributed by atoms with Crippen molar-refractivity contribution in [2.75, 3.05) is 10.6 Å². The van der Waals surface area contributed by atoms with Crippen molar-refractivity contribution in [3.8, 4) is 0 Å². The largest absolute Gasteiger partial charge is 0.348 e. The SMILES string of the molecule is CCc1ccc([C@@H](C)NC(=O)[C@@H](C)N(c2cccc(C)c2)S(C)(=O)=O)cc1. The fourth-order valence-corrected chi connectivity index (χ4v) is 4.20. The van der Waals surface area contributed by atoms with Crippen LogP contribution in [0, 0.1) is 6.92 Å². The highest BCUT2D eigenvalue weighted by molar-refractivity contribution is 7.92. The molecule has 146 valence electrons. The van der Waals surface area contributed by atoms with Gasteiger partial charge in [0.25, 0.3) is 0 Å². The molecule has 2 aromatic rings. The van der Waals surface area contributed by atoms with Gasteiger partial charge in [0, 0.05) is 0 Å². The van der Waals surface area contributed by atoms with Crippen LogP contribution in [0.25, 0.3) is 0 Å². The summed E-state index contributed by atoms with van der Waals surface area (Å²) in [5.74, 6) is -0.339. The number of nitrogens with zero attached hydrogens (tertiary/aromatic N) is 1. The van der Waals surface area contributed by atoms with E-state index in [1.54, 1.807) is 25.1 Å². The van der Waals surface area contributed by atoms with E-state index in [1.165, 1.54) is 9.87 Å². The second kappa shape index (κ2) is 8.57. The Bertz CT molecular complexity index is 892. The van der Waals surface area contributed by atoms with Crippen LogP contribution in [-0.2, 0) is 21.2 Å². The molecule has 0 aliphatic rings. The van der Waals surface area contributed by atoms with E-state index in [0.717, 1.165) is 23.8 Å². The molecule has 2 aromatic carbocycles. The smallest absolute Gasteiger partial charge is 0.244 e. The van der Waals surface area contributed by atoms with Gasteiger partial charge in [0.05, 0.1) is 18.0 Å². The lowest BCUT2D eigenvalue weighted by Gasteiger charge is -2.29. The maximum atomic E-state index is 12.8. The van der Waals surface area contributed by atoms with Gasteiger partial charge >= 0.3 is 0 Å². The molecule has 1 amide bonds. The summed E-state index contributed by atoms with van der Waals surface area (Å²) in [6.45, 7) is 7.47. The first-order valence-electron chi connectivity index (χ1n) is 9.08. The van der Waals surface area contributed by atoms with E-state index in [1.807, 2.05) is 44.2 Å². The Labute approximate surface area is 162 Å². The summed E-state index contributed by atoms with van der Waals surface area (Å²) in [5.41, 5.74) is 3.63. The lowest BCUT2D eigenvalue weighted by atomic mass is 10.0. The Hall–Kier alpha value is -2.34. The third-order valence-electron chi connectivity index (χ3n) is 4.59. The monoisotopic (exact) mass is 388 g/mol. The van der Waals surface area contributed by atoms with Crippen molar-refractivity contribution in [1.29, 1.82) is 0 Å². The van der Waals surface area contributed by atoms with Crippen LogP contribution in [0.15, 0.2) is 48.5 Å². The third kappa shape index (κ3) is 5.32. The molecule has 0 aromatic heterocycles. The zero-order valence-electron chi connectivity index (χ0n) is 16.6. The number of anilines is 1. The lowest BCUT2D eigenvalue weighted by Crippen LogP contribution is -2.48. The molecule has 0 heterocycles. The Morgan fingerprint density at radius 2 is 1.74 bits per heavy atom. The fourth-order valence-electron chi connectivity index (χ4n) is 3.03. The number of benzene rings is 2. The molecular formula is C21H28N2O3S. The molecule has 0 unspecified atom stereocenters. The summed E-state index contributed by atoms with van der Waals surface area (Å²) in [6, 6.07) is 14.1. The average molecular weight is 389 g/mol. The first-order chi connectivity index (χ1) is 12.6. The Morgan fingerprint density at radius 3 is 2.26 bits per heavy atom. The molecule has 0 aliphatic carbocycles. The average Bonchev–Trinajstić information content (AvgIpc) is 2.60. The number of sulfonamides is 1. The number of nitrogens with one attached hydrogen (secondary N) is 1. The molecule has 27 heavy (non-hydrogen) atoms. The molecule has 2 atom stereocenters. The summed E-state index contributed by atoms with van der Waals surface area (Å²) in [4.78, 5) is 12.8. The Kier molecular flexibility index (Phi) is 6.65. The van der Waals surface area contributed by atoms with Crippen molar-refractivity contribution in [2.45, 2.75) is 46.2 Å². The van der Waals surface area contributed by atoms with Crippen LogP contribution in [0.1, 0.15) is 43.5 Å². The molecule has 0 saturated heterocycles. The molecule has 0 saturated carbocycles. The molecule has 1 N–H and O–H groups in total. The third-order valence-corrected chi connectivity index (χ3v) is 5.83. The van der Waals surface area contributed by atoms with Crippen LogP contribution in [-0.4, -0.2) is 26.6 Å². The van der Waals surface area contributed by atoms with Gasteiger partial charge in [0.1, 0.15) is 6.04 Å². The van der Waals surface area contributed by atoms with Crippen molar-refractivity contribution >= 4 is 21.6 Å². The number of aryl methyl sites for hydroxylation is 2. The summed E-state index contributed by atoms with van der Waals surface area (Å²) >= 11 is 0. The lowest BCUT2D eigenvalue weighted by molar-refractivity contribution is -0.122. The summed E-state index contributed by atoms with van der Waals surface area (Å²) in [7, 11) is -3.62. The maximum absolute atomic E-state index is 12.8. The van der Waals surface area contributed by atoms with Crippen molar-refractivity contribution in [3.05, 3.63) is 65.2 Å². The van der Waals surface area contributed by atoms with Gasteiger partial charge in [0.2, 0.25) is 15.9 Å². The fraction of sp³-hybridized carbons (Fsp3) is 0.381. The zero-order valence-corrected chi connectivity index (χ0v) is 17.4. The topological polar surface area (TPSA) is 66.5 Å². The molecule has 6 heteroatoms. The summed E-state index contributed by atoms with van der Waals surface area (Å²) in [5, 5.41) is 2.93. The minimum atomic E-state index is -3.62. The Morgan fingerprint density at radius 1 is 1.11 bits per heavy atom. The van der Waals surface area contributed by atoms with Crippen LogP contribution in [0.4, 0.5) is 5.69 Å². The van der Waals surface area contributed by atoms with Crippen LogP contribution < -0.4 is 9.62 Å². The van der Waals surface area contributed by atoms with E-state index in [2.05, 4.69) is 12.2 Å². The molecule has 0 bridgehead atoms. The highest BCUT2D eigenvalue weighted by atomic mass is 32.2. The Balaban J connectivity index is 2.21. The molecule has 0 aliphatic heterocycles. The van der Waals surface area contributed by atoms with Crippen molar-refractivity contribution in [1.82, 2.24) is 5.32 Å².